The van der Waals surface area contributed by atoms with Gasteiger partial charge in [0.2, 0.25) is 15.9 Å². The summed E-state index contributed by atoms with van der Waals surface area (Å²) < 4.78 is 65.5. The highest BCUT2D eigenvalue weighted by Crippen LogP contribution is 2.35. The molecule has 210 valence electrons. The van der Waals surface area contributed by atoms with Crippen molar-refractivity contribution in [3.8, 4) is 0 Å². The first kappa shape index (κ1) is 30.7. The van der Waals surface area contributed by atoms with Crippen LogP contribution in [0.15, 0.2) is 36.4 Å². The van der Waals surface area contributed by atoms with Crippen LogP contribution in [0.2, 0.25) is 10.0 Å². The number of carbonyl (C=O) groups excluding carboxylic acids is 1. The van der Waals surface area contributed by atoms with Crippen LogP contribution in [0.4, 0.5) is 13.2 Å². The van der Waals surface area contributed by atoms with E-state index in [4.69, 9.17) is 23.2 Å². The van der Waals surface area contributed by atoms with E-state index in [0.29, 0.717) is 43.9 Å². The molecule has 0 spiro atoms. The minimum Gasteiger partial charge on any atom is -0.351 e. The molecule has 38 heavy (non-hydrogen) atoms. The van der Waals surface area contributed by atoms with Crippen LogP contribution in [0.25, 0.3) is 0 Å². The second-order valence-corrected chi connectivity index (χ2v) is 12.6. The number of halogens is 5. The van der Waals surface area contributed by atoms with Crippen molar-refractivity contribution >= 4 is 39.1 Å². The molecular weight excluding hydrogens is 562 g/mol. The Morgan fingerprint density at radius 1 is 1.08 bits per heavy atom. The van der Waals surface area contributed by atoms with Crippen molar-refractivity contribution in [2.24, 2.45) is 0 Å². The van der Waals surface area contributed by atoms with Gasteiger partial charge < -0.3 is 10.2 Å². The molecule has 1 atom stereocenters. The lowest BCUT2D eigenvalue weighted by Gasteiger charge is -2.35. The second kappa shape index (κ2) is 12.1. The van der Waals surface area contributed by atoms with Crippen LogP contribution in [0.1, 0.15) is 48.4 Å². The summed E-state index contributed by atoms with van der Waals surface area (Å²) in [5.74, 6) is -0.323. The van der Waals surface area contributed by atoms with Crippen LogP contribution >= 0.6 is 23.2 Å². The van der Waals surface area contributed by atoms with E-state index in [0.717, 1.165) is 23.4 Å². The highest BCUT2D eigenvalue weighted by Gasteiger charge is 2.37. The van der Waals surface area contributed by atoms with Crippen molar-refractivity contribution in [3.05, 3.63) is 68.7 Å². The average Bonchev–Trinajstić information content (AvgIpc) is 2.82. The zero-order valence-corrected chi connectivity index (χ0v) is 23.8. The monoisotopic (exact) mass is 593 g/mol. The van der Waals surface area contributed by atoms with Gasteiger partial charge in [0.05, 0.1) is 22.3 Å². The topological polar surface area (TPSA) is 78.5 Å². The third kappa shape index (κ3) is 8.08. The number of aryl methyl sites for hydroxylation is 1. The van der Waals surface area contributed by atoms with Gasteiger partial charge in [0.15, 0.2) is 0 Å². The molecule has 0 aliphatic carbocycles. The van der Waals surface area contributed by atoms with Crippen molar-refractivity contribution in [2.45, 2.75) is 57.3 Å². The molecule has 0 radical (unpaired) electrons. The van der Waals surface area contributed by atoms with E-state index in [1.807, 2.05) is 19.9 Å². The molecule has 0 saturated carbocycles. The largest absolute Gasteiger partial charge is 0.417 e. The summed E-state index contributed by atoms with van der Waals surface area (Å²) in [4.78, 5) is 15.8. The van der Waals surface area contributed by atoms with E-state index in [1.165, 1.54) is 12.1 Å². The van der Waals surface area contributed by atoms with E-state index < -0.39 is 32.2 Å². The fourth-order valence-electron chi connectivity index (χ4n) is 4.61. The highest BCUT2D eigenvalue weighted by molar-refractivity contribution is 7.88. The Balaban J connectivity index is 1.75. The molecular formula is C26H32Cl2F3N3O3S. The van der Waals surface area contributed by atoms with E-state index in [1.54, 1.807) is 12.1 Å². The number of piperidine rings is 1. The number of sulfonamides is 1. The smallest absolute Gasteiger partial charge is 0.351 e. The maximum atomic E-state index is 13.6. The summed E-state index contributed by atoms with van der Waals surface area (Å²) in [7, 11) is -3.28. The van der Waals surface area contributed by atoms with Crippen LogP contribution in [-0.2, 0) is 33.0 Å². The first-order chi connectivity index (χ1) is 17.6. The molecule has 1 amide bonds. The highest BCUT2D eigenvalue weighted by atomic mass is 35.5. The van der Waals surface area contributed by atoms with Gasteiger partial charge in [-0.25, -0.2) is 13.1 Å². The number of nitrogens with zero attached hydrogens (tertiary/aromatic N) is 1. The number of hydrogen-bond acceptors (Lipinski definition) is 4. The molecule has 2 aromatic carbocycles. The second-order valence-electron chi connectivity index (χ2n) is 10.0. The molecule has 1 fully saturated rings. The lowest BCUT2D eigenvalue weighted by Crippen LogP contribution is -2.47. The standard InChI is InChI=1S/C26H32Cl2F3N3O3S/c1-17-14-19(5-7-22(17)27)25(2,10-13-34-11-8-20(9-12-34)33-38(3,36)37)24(35)32-16-18-4-6-23(28)21(15-18)26(29,30)31/h4-7,14-15,20,33H,8-13,16H2,1-3H3,(H,32,35). The summed E-state index contributed by atoms with van der Waals surface area (Å²) in [6.07, 6.45) is -1.69. The van der Waals surface area contributed by atoms with E-state index in [2.05, 4.69) is 14.9 Å². The van der Waals surface area contributed by atoms with Gasteiger partial charge in [-0.1, -0.05) is 41.4 Å². The van der Waals surface area contributed by atoms with Crippen molar-refractivity contribution in [3.63, 3.8) is 0 Å². The third-order valence-electron chi connectivity index (χ3n) is 6.98. The molecule has 2 N–H and O–H groups in total. The van der Waals surface area contributed by atoms with Crippen LogP contribution in [0, 0.1) is 6.92 Å². The number of hydrogen-bond donors (Lipinski definition) is 2. The maximum absolute atomic E-state index is 13.6. The first-order valence-corrected chi connectivity index (χ1v) is 14.8. The van der Waals surface area contributed by atoms with Crippen molar-refractivity contribution in [1.29, 1.82) is 0 Å². The number of likely N-dealkylation sites (tertiary alicyclic amines) is 1. The van der Waals surface area contributed by atoms with Gasteiger partial charge in [0.1, 0.15) is 0 Å². The molecule has 0 aromatic heterocycles. The molecule has 3 rings (SSSR count). The number of rotatable bonds is 9. The fourth-order valence-corrected chi connectivity index (χ4v) is 5.80. The van der Waals surface area contributed by atoms with Gasteiger partial charge >= 0.3 is 6.18 Å². The SMILES string of the molecule is Cc1cc(C(C)(CCN2CCC(NS(C)(=O)=O)CC2)C(=O)NCc2ccc(Cl)c(C(F)(F)F)c2)ccc1Cl. The lowest BCUT2D eigenvalue weighted by molar-refractivity contribution is -0.137. The normalized spacial score (nSPS) is 17.3. The number of amides is 1. The molecule has 1 unspecified atom stereocenters. The quantitative estimate of drug-likeness (QED) is 0.413. The fraction of sp³-hybridized carbons (Fsp3) is 0.500. The van der Waals surface area contributed by atoms with Gasteiger partial charge in [-0.05, 0) is 87.6 Å². The zero-order valence-electron chi connectivity index (χ0n) is 21.5. The molecule has 1 heterocycles. The molecule has 12 heteroatoms. The maximum Gasteiger partial charge on any atom is 0.417 e. The summed E-state index contributed by atoms with van der Waals surface area (Å²) in [5.41, 5.74) is -0.0989. The van der Waals surface area contributed by atoms with E-state index in [-0.39, 0.29) is 24.1 Å². The first-order valence-electron chi connectivity index (χ1n) is 12.2. The van der Waals surface area contributed by atoms with Gasteiger partial charge in [-0.2, -0.15) is 13.2 Å². The Morgan fingerprint density at radius 2 is 1.71 bits per heavy atom. The van der Waals surface area contributed by atoms with Gasteiger partial charge in [0, 0.05) is 17.6 Å². The molecule has 6 nitrogen and oxygen atoms in total. The number of nitrogens with one attached hydrogen (secondary N) is 2. The Hall–Kier alpha value is -1.85. The zero-order chi connectivity index (χ0) is 28.3. The Morgan fingerprint density at radius 3 is 2.29 bits per heavy atom. The number of benzene rings is 2. The van der Waals surface area contributed by atoms with Gasteiger partial charge in [-0.15, -0.1) is 0 Å². The number of carbonyl (C=O) groups is 1. The third-order valence-corrected chi connectivity index (χ3v) is 8.50. The molecule has 1 saturated heterocycles. The molecule has 1 aliphatic rings. The average molecular weight is 595 g/mol. The van der Waals surface area contributed by atoms with E-state index in [9.17, 15) is 26.4 Å². The Kier molecular flexibility index (Phi) is 9.79. The minimum absolute atomic E-state index is 0.0935. The Labute approximate surface area is 231 Å². The van der Waals surface area contributed by atoms with E-state index >= 15 is 0 Å². The van der Waals surface area contributed by atoms with Crippen molar-refractivity contribution in [1.82, 2.24) is 14.9 Å². The van der Waals surface area contributed by atoms with Crippen LogP contribution in [0.3, 0.4) is 0 Å². The van der Waals surface area contributed by atoms with Crippen LogP contribution in [-0.4, -0.2) is 51.2 Å². The van der Waals surface area contributed by atoms with Crippen molar-refractivity contribution in [2.75, 3.05) is 25.9 Å². The van der Waals surface area contributed by atoms with Gasteiger partial charge in [0.25, 0.3) is 0 Å². The lowest BCUT2D eigenvalue weighted by atomic mass is 9.77. The van der Waals surface area contributed by atoms with Gasteiger partial charge in [-0.3, -0.25) is 4.79 Å². The summed E-state index contributed by atoms with van der Waals surface area (Å²) in [6, 6.07) is 8.84. The minimum atomic E-state index is -4.60. The molecule has 0 bridgehead atoms. The summed E-state index contributed by atoms with van der Waals surface area (Å²) in [5, 5.41) is 2.98. The molecule has 1 aliphatic heterocycles. The van der Waals surface area contributed by atoms with Crippen LogP contribution in [0.5, 0.6) is 0 Å². The predicted octanol–water partition coefficient (Wildman–Crippen LogP) is 5.30. The number of alkyl halides is 3. The summed E-state index contributed by atoms with van der Waals surface area (Å²) in [6.45, 7) is 5.49. The molecule has 2 aromatic rings. The van der Waals surface area contributed by atoms with Crippen LogP contribution < -0.4 is 10.0 Å². The summed E-state index contributed by atoms with van der Waals surface area (Å²) >= 11 is 11.9. The van der Waals surface area contributed by atoms with Crippen molar-refractivity contribution < 1.29 is 26.4 Å². The predicted molar refractivity (Wildman–Crippen MR) is 144 cm³/mol. The Bertz CT molecular complexity index is 1270.